The Bertz CT molecular complexity index is 933. The van der Waals surface area contributed by atoms with Gasteiger partial charge in [-0.25, -0.2) is 0 Å². The highest BCUT2D eigenvalue weighted by Gasteiger charge is 2.27. The molecule has 34 heavy (non-hydrogen) atoms. The molecule has 2 fully saturated rings. The van der Waals surface area contributed by atoms with Crippen molar-refractivity contribution in [2.75, 3.05) is 57.8 Å². The van der Waals surface area contributed by atoms with Gasteiger partial charge >= 0.3 is 0 Å². The van der Waals surface area contributed by atoms with Crippen molar-refractivity contribution in [2.24, 2.45) is 5.92 Å². The van der Waals surface area contributed by atoms with Gasteiger partial charge in [-0.05, 0) is 44.9 Å². The molecule has 0 atom stereocenters. The fourth-order valence-electron chi connectivity index (χ4n) is 4.84. The van der Waals surface area contributed by atoms with Crippen LogP contribution in [0.15, 0.2) is 54.6 Å². The summed E-state index contributed by atoms with van der Waals surface area (Å²) in [5.74, 6) is 1.37. The number of unbranched alkanes of at least 4 members (excludes halogenated alkanes) is 1. The molecule has 0 aromatic heterocycles. The van der Waals surface area contributed by atoms with Crippen molar-refractivity contribution in [1.82, 2.24) is 9.80 Å². The molecule has 2 heterocycles. The number of Topliss-reactive ketones (excluding diaryl/α,β-unsaturated/α-hetero) is 1. The Morgan fingerprint density at radius 1 is 0.853 bits per heavy atom. The third-order valence-corrected chi connectivity index (χ3v) is 7.03. The van der Waals surface area contributed by atoms with Crippen LogP contribution in [0, 0.1) is 5.92 Å². The number of ketones is 1. The van der Waals surface area contributed by atoms with Gasteiger partial charge in [0.1, 0.15) is 5.75 Å². The Morgan fingerprint density at radius 3 is 2.26 bits per heavy atom. The minimum absolute atomic E-state index is 0.0280. The Labute approximate surface area is 203 Å². The third kappa shape index (κ3) is 6.38. The molecule has 6 nitrogen and oxygen atoms in total. The largest absolute Gasteiger partial charge is 0.491 e. The Hall–Kier alpha value is -2.86. The second kappa shape index (κ2) is 12.0. The van der Waals surface area contributed by atoms with Gasteiger partial charge in [-0.2, -0.15) is 0 Å². The molecule has 2 saturated heterocycles. The topological polar surface area (TPSA) is 53.1 Å². The lowest BCUT2D eigenvalue weighted by Crippen LogP contribution is -2.44. The average Bonchev–Trinajstić information content (AvgIpc) is 2.89. The summed E-state index contributed by atoms with van der Waals surface area (Å²) in [6.07, 6.45) is 3.72. The smallest absolute Gasteiger partial charge is 0.222 e. The molecular weight excluding hydrogens is 426 g/mol. The standard InChI is InChI=1S/C28H37N3O3/c1-29-18-20-30(21-19-29)25-11-5-6-12-26(25)34-22-8-7-13-27(32)31-16-14-24(15-17-31)28(33)23-9-3-2-4-10-23/h2-6,9-12,24H,7-8,13-22H2,1H3. The van der Waals surface area contributed by atoms with Crippen LogP contribution in [-0.2, 0) is 4.79 Å². The highest BCUT2D eigenvalue weighted by molar-refractivity contribution is 5.98. The monoisotopic (exact) mass is 463 g/mol. The van der Waals surface area contributed by atoms with Crippen molar-refractivity contribution < 1.29 is 14.3 Å². The molecule has 0 N–H and O–H groups in total. The normalized spacial score (nSPS) is 17.6. The number of para-hydroxylation sites is 2. The van der Waals surface area contributed by atoms with E-state index in [0.717, 1.165) is 63.2 Å². The Kier molecular flexibility index (Phi) is 8.58. The fraction of sp³-hybridized carbons (Fsp3) is 0.500. The predicted molar refractivity (Wildman–Crippen MR) is 136 cm³/mol. The van der Waals surface area contributed by atoms with E-state index in [1.54, 1.807) is 0 Å². The van der Waals surface area contributed by atoms with Gasteiger partial charge in [0.25, 0.3) is 0 Å². The van der Waals surface area contributed by atoms with E-state index in [1.807, 2.05) is 47.4 Å². The van der Waals surface area contributed by atoms with Crippen molar-refractivity contribution >= 4 is 17.4 Å². The first-order valence-electron chi connectivity index (χ1n) is 12.6. The van der Waals surface area contributed by atoms with Gasteiger partial charge < -0.3 is 19.4 Å². The van der Waals surface area contributed by atoms with Crippen LogP contribution in [0.3, 0.4) is 0 Å². The average molecular weight is 464 g/mol. The number of likely N-dealkylation sites (N-methyl/N-ethyl adjacent to an activating group) is 1. The molecule has 0 unspecified atom stereocenters. The number of nitrogens with zero attached hydrogens (tertiary/aromatic N) is 3. The van der Waals surface area contributed by atoms with Crippen LogP contribution in [0.2, 0.25) is 0 Å². The van der Waals surface area contributed by atoms with E-state index in [4.69, 9.17) is 4.74 Å². The van der Waals surface area contributed by atoms with Crippen molar-refractivity contribution in [3.8, 4) is 5.75 Å². The molecule has 2 aliphatic heterocycles. The summed E-state index contributed by atoms with van der Waals surface area (Å²) < 4.78 is 6.11. The Balaban J connectivity index is 1.15. The van der Waals surface area contributed by atoms with Gasteiger partial charge in [0.05, 0.1) is 12.3 Å². The molecule has 0 saturated carbocycles. The number of ether oxygens (including phenoxy) is 1. The van der Waals surface area contributed by atoms with Crippen molar-refractivity contribution in [3.63, 3.8) is 0 Å². The summed E-state index contributed by atoms with van der Waals surface area (Å²) in [5, 5.41) is 0. The molecule has 0 aliphatic carbocycles. The van der Waals surface area contributed by atoms with Gasteiger partial charge in [0.15, 0.2) is 5.78 Å². The molecular formula is C28H37N3O3. The van der Waals surface area contributed by atoms with Crippen molar-refractivity contribution in [2.45, 2.75) is 32.1 Å². The number of carbonyl (C=O) groups is 2. The van der Waals surface area contributed by atoms with Crippen LogP contribution >= 0.6 is 0 Å². The lowest BCUT2D eigenvalue weighted by molar-refractivity contribution is -0.132. The van der Waals surface area contributed by atoms with E-state index < -0.39 is 0 Å². The number of likely N-dealkylation sites (tertiary alicyclic amines) is 1. The van der Waals surface area contributed by atoms with Gasteiger partial charge in [-0.1, -0.05) is 42.5 Å². The lowest BCUT2D eigenvalue weighted by Gasteiger charge is -2.34. The minimum Gasteiger partial charge on any atom is -0.491 e. The quantitative estimate of drug-likeness (QED) is 0.414. The van der Waals surface area contributed by atoms with Crippen LogP contribution in [0.1, 0.15) is 42.5 Å². The highest BCUT2D eigenvalue weighted by atomic mass is 16.5. The van der Waals surface area contributed by atoms with E-state index in [0.29, 0.717) is 26.1 Å². The van der Waals surface area contributed by atoms with Crippen molar-refractivity contribution in [3.05, 3.63) is 60.2 Å². The van der Waals surface area contributed by atoms with Crippen LogP contribution in [-0.4, -0.2) is 74.4 Å². The number of hydrogen-bond acceptors (Lipinski definition) is 5. The van der Waals surface area contributed by atoms with E-state index >= 15 is 0 Å². The first-order chi connectivity index (χ1) is 16.6. The molecule has 0 radical (unpaired) electrons. The van der Waals surface area contributed by atoms with E-state index in [-0.39, 0.29) is 17.6 Å². The molecule has 4 rings (SSSR count). The zero-order valence-electron chi connectivity index (χ0n) is 20.3. The zero-order valence-corrected chi connectivity index (χ0v) is 20.3. The highest BCUT2D eigenvalue weighted by Crippen LogP contribution is 2.29. The number of hydrogen-bond donors (Lipinski definition) is 0. The van der Waals surface area contributed by atoms with E-state index in [2.05, 4.69) is 29.0 Å². The summed E-state index contributed by atoms with van der Waals surface area (Å²) in [6, 6.07) is 17.8. The second-order valence-electron chi connectivity index (χ2n) is 9.45. The van der Waals surface area contributed by atoms with Crippen LogP contribution in [0.5, 0.6) is 5.75 Å². The fourth-order valence-corrected chi connectivity index (χ4v) is 4.84. The number of carbonyl (C=O) groups excluding carboxylic acids is 2. The number of rotatable bonds is 9. The molecule has 182 valence electrons. The number of anilines is 1. The molecule has 0 bridgehead atoms. The number of amides is 1. The second-order valence-corrected chi connectivity index (χ2v) is 9.45. The van der Waals surface area contributed by atoms with Gasteiger partial charge in [-0.15, -0.1) is 0 Å². The van der Waals surface area contributed by atoms with Gasteiger partial charge in [0.2, 0.25) is 5.91 Å². The summed E-state index contributed by atoms with van der Waals surface area (Å²) >= 11 is 0. The van der Waals surface area contributed by atoms with Gasteiger partial charge in [-0.3, -0.25) is 9.59 Å². The van der Waals surface area contributed by atoms with Crippen LogP contribution < -0.4 is 9.64 Å². The van der Waals surface area contributed by atoms with Crippen molar-refractivity contribution in [1.29, 1.82) is 0 Å². The molecule has 6 heteroatoms. The molecule has 1 amide bonds. The number of piperazine rings is 1. The molecule has 0 spiro atoms. The first-order valence-corrected chi connectivity index (χ1v) is 12.6. The van der Waals surface area contributed by atoms with Crippen LogP contribution in [0.25, 0.3) is 0 Å². The number of piperidine rings is 1. The summed E-state index contributed by atoms with van der Waals surface area (Å²) in [6.45, 7) is 6.12. The zero-order chi connectivity index (χ0) is 23.8. The SMILES string of the molecule is CN1CCN(c2ccccc2OCCCCC(=O)N2CCC(C(=O)c3ccccc3)CC2)CC1. The van der Waals surface area contributed by atoms with E-state index in [1.165, 1.54) is 5.69 Å². The maximum Gasteiger partial charge on any atom is 0.222 e. The van der Waals surface area contributed by atoms with E-state index in [9.17, 15) is 9.59 Å². The summed E-state index contributed by atoms with van der Waals surface area (Å²) in [5.41, 5.74) is 1.95. The first kappa shape index (κ1) is 24.3. The molecule has 2 aromatic carbocycles. The maximum absolute atomic E-state index is 12.7. The third-order valence-electron chi connectivity index (χ3n) is 7.03. The predicted octanol–water partition coefficient (Wildman–Crippen LogP) is 4.11. The molecule has 2 aliphatic rings. The molecule has 2 aromatic rings. The maximum atomic E-state index is 12.7. The van der Waals surface area contributed by atoms with Crippen LogP contribution in [0.4, 0.5) is 5.69 Å². The number of benzene rings is 2. The summed E-state index contributed by atoms with van der Waals surface area (Å²) in [7, 11) is 2.16. The lowest BCUT2D eigenvalue weighted by atomic mass is 9.89. The van der Waals surface area contributed by atoms with Gasteiger partial charge in [0, 0.05) is 57.2 Å². The minimum atomic E-state index is 0.0280. The Morgan fingerprint density at radius 2 is 1.53 bits per heavy atom. The summed E-state index contributed by atoms with van der Waals surface area (Å²) in [4.78, 5) is 32.0.